The molecule has 0 radical (unpaired) electrons. The average molecular weight is 507 g/mol. The van der Waals surface area contributed by atoms with Gasteiger partial charge >= 0.3 is 5.97 Å². The first kappa shape index (κ1) is 24.6. The van der Waals surface area contributed by atoms with Crippen molar-refractivity contribution in [3.8, 4) is 0 Å². The van der Waals surface area contributed by atoms with Gasteiger partial charge in [-0.25, -0.2) is 9.78 Å². The van der Waals surface area contributed by atoms with E-state index < -0.39 is 5.97 Å². The van der Waals surface area contributed by atoms with Crippen LogP contribution in [0.2, 0.25) is 5.02 Å². The molecule has 1 saturated heterocycles. The molecule has 8 heteroatoms. The van der Waals surface area contributed by atoms with Crippen molar-refractivity contribution in [2.45, 2.75) is 45.1 Å². The lowest BCUT2D eigenvalue weighted by molar-refractivity contribution is -0.00270. The van der Waals surface area contributed by atoms with Crippen molar-refractivity contribution < 1.29 is 14.6 Å². The molecular formula is C28H31ClN4O3. The number of aromatic nitrogens is 3. The molecular weight excluding hydrogens is 476 g/mol. The molecule has 4 aromatic rings. The number of halogens is 1. The van der Waals surface area contributed by atoms with Gasteiger partial charge in [0.1, 0.15) is 0 Å². The van der Waals surface area contributed by atoms with Gasteiger partial charge < -0.3 is 23.9 Å². The Morgan fingerprint density at radius 3 is 2.64 bits per heavy atom. The van der Waals surface area contributed by atoms with Gasteiger partial charge in [-0.05, 0) is 61.2 Å². The van der Waals surface area contributed by atoms with Crippen LogP contribution >= 0.6 is 11.6 Å². The monoisotopic (exact) mass is 506 g/mol. The summed E-state index contributed by atoms with van der Waals surface area (Å²) in [5.74, 6) is -0.901. The molecule has 2 aromatic carbocycles. The summed E-state index contributed by atoms with van der Waals surface area (Å²) in [4.78, 5) is 18.2. The molecule has 0 atom stereocenters. The fraction of sp³-hybridized carbons (Fsp3) is 0.357. The number of aryl methyl sites for hydroxylation is 1. The van der Waals surface area contributed by atoms with Gasteiger partial charge in [0.25, 0.3) is 0 Å². The number of rotatable bonds is 10. The molecule has 5 rings (SSSR count). The summed E-state index contributed by atoms with van der Waals surface area (Å²) < 4.78 is 10.4. The third-order valence-electron chi connectivity index (χ3n) is 6.93. The summed E-state index contributed by atoms with van der Waals surface area (Å²) in [5, 5.41) is 11.3. The Balaban J connectivity index is 1.15. The van der Waals surface area contributed by atoms with Crippen LogP contribution in [-0.2, 0) is 24.4 Å². The molecule has 0 spiro atoms. The van der Waals surface area contributed by atoms with Crippen molar-refractivity contribution in [3.63, 3.8) is 0 Å². The maximum Gasteiger partial charge on any atom is 0.335 e. The summed E-state index contributed by atoms with van der Waals surface area (Å²) in [6, 6.07) is 13.2. The van der Waals surface area contributed by atoms with Crippen LogP contribution in [0.15, 0.2) is 67.4 Å². The Kier molecular flexibility index (Phi) is 7.70. The van der Waals surface area contributed by atoms with E-state index >= 15 is 0 Å². The van der Waals surface area contributed by atoms with Gasteiger partial charge in [0.05, 0.1) is 31.1 Å². The highest BCUT2D eigenvalue weighted by molar-refractivity contribution is 6.30. The fourth-order valence-electron chi connectivity index (χ4n) is 4.95. The quantitative estimate of drug-likeness (QED) is 0.315. The topological polar surface area (TPSA) is 72.5 Å². The second-order valence-corrected chi connectivity index (χ2v) is 9.89. The third-order valence-corrected chi connectivity index (χ3v) is 7.18. The lowest BCUT2D eigenvalue weighted by Crippen LogP contribution is -2.37. The molecule has 36 heavy (non-hydrogen) atoms. The standard InChI is InChI=1S/C28H31ClN4O3/c29-24-5-2-21(3-6-24)19-36-25-8-13-31(14-9-25)11-1-12-33-18-23(17-32-15-10-30-20-32)26-7-4-22(28(34)35)16-27(26)33/h2-7,10,15-16,18,20,25H,1,8-9,11-14,17,19H2,(H,34,35). The SMILES string of the molecule is O=C(O)c1ccc2c(Cn3ccnc3)cn(CCCN3CCC(OCc4ccc(Cl)cc4)CC3)c2c1. The zero-order valence-electron chi connectivity index (χ0n) is 20.2. The van der Waals surface area contributed by atoms with Crippen molar-refractivity contribution in [3.05, 3.63) is 89.1 Å². The predicted octanol–water partition coefficient (Wildman–Crippen LogP) is 5.31. The van der Waals surface area contributed by atoms with Crippen LogP contribution in [0.25, 0.3) is 10.9 Å². The molecule has 1 aliphatic rings. The Morgan fingerprint density at radius 2 is 1.92 bits per heavy atom. The summed E-state index contributed by atoms with van der Waals surface area (Å²) >= 11 is 5.96. The second-order valence-electron chi connectivity index (χ2n) is 9.45. The number of fused-ring (bicyclic) bond motifs is 1. The van der Waals surface area contributed by atoms with Crippen LogP contribution in [0.1, 0.15) is 40.7 Å². The van der Waals surface area contributed by atoms with Crippen LogP contribution in [0.4, 0.5) is 0 Å². The van der Waals surface area contributed by atoms with Crippen molar-refractivity contribution in [1.82, 2.24) is 19.0 Å². The highest BCUT2D eigenvalue weighted by Crippen LogP contribution is 2.25. The van der Waals surface area contributed by atoms with Crippen LogP contribution < -0.4 is 0 Å². The number of imidazole rings is 1. The smallest absolute Gasteiger partial charge is 0.335 e. The van der Waals surface area contributed by atoms with Crippen molar-refractivity contribution in [2.24, 2.45) is 0 Å². The number of carboxylic acids is 1. The highest BCUT2D eigenvalue weighted by Gasteiger charge is 2.20. The molecule has 1 fully saturated rings. The normalized spacial score (nSPS) is 15.0. The first-order chi connectivity index (χ1) is 17.5. The lowest BCUT2D eigenvalue weighted by Gasteiger charge is -2.32. The number of carboxylic acid groups (broad SMARTS) is 1. The number of hydrogen-bond donors (Lipinski definition) is 1. The minimum atomic E-state index is -0.901. The molecule has 2 aromatic heterocycles. The van der Waals surface area contributed by atoms with E-state index in [9.17, 15) is 9.90 Å². The number of ether oxygens (including phenoxy) is 1. The summed E-state index contributed by atoms with van der Waals surface area (Å²) in [6.45, 7) is 5.26. The summed E-state index contributed by atoms with van der Waals surface area (Å²) in [7, 11) is 0. The Labute approximate surface area is 215 Å². The van der Waals surface area contributed by atoms with Gasteiger partial charge in [0.2, 0.25) is 0 Å². The van der Waals surface area contributed by atoms with Gasteiger partial charge in [-0.1, -0.05) is 29.8 Å². The Hall–Kier alpha value is -3.13. The van der Waals surface area contributed by atoms with Gasteiger partial charge in [0.15, 0.2) is 0 Å². The van der Waals surface area contributed by atoms with Gasteiger partial charge in [0, 0.05) is 54.2 Å². The third kappa shape index (κ3) is 5.98. The Bertz CT molecular complexity index is 1290. The molecule has 3 heterocycles. The number of likely N-dealkylation sites (tertiary alicyclic amines) is 1. The first-order valence-corrected chi connectivity index (χ1v) is 12.8. The van der Waals surface area contributed by atoms with Crippen LogP contribution in [-0.4, -0.2) is 55.8 Å². The molecule has 7 nitrogen and oxygen atoms in total. The fourth-order valence-corrected chi connectivity index (χ4v) is 5.07. The summed E-state index contributed by atoms with van der Waals surface area (Å²) in [6.07, 6.45) is 11.1. The number of hydrogen-bond acceptors (Lipinski definition) is 4. The molecule has 1 N–H and O–H groups in total. The van der Waals surface area contributed by atoms with E-state index in [0.717, 1.165) is 66.9 Å². The van der Waals surface area contributed by atoms with Crippen LogP contribution in [0, 0.1) is 0 Å². The zero-order chi connectivity index (χ0) is 24.9. The molecule has 0 bridgehead atoms. The number of nitrogens with zero attached hydrogens (tertiary/aromatic N) is 4. The molecule has 0 saturated carbocycles. The average Bonchev–Trinajstić information content (AvgIpc) is 3.52. The van der Waals surface area contributed by atoms with E-state index in [0.29, 0.717) is 24.8 Å². The Morgan fingerprint density at radius 1 is 1.11 bits per heavy atom. The molecule has 188 valence electrons. The van der Waals surface area contributed by atoms with Crippen molar-refractivity contribution >= 4 is 28.5 Å². The van der Waals surface area contributed by atoms with E-state index in [1.807, 2.05) is 41.1 Å². The minimum Gasteiger partial charge on any atom is -0.478 e. The number of piperidine rings is 1. The van der Waals surface area contributed by atoms with E-state index in [1.54, 1.807) is 24.7 Å². The highest BCUT2D eigenvalue weighted by atomic mass is 35.5. The van der Waals surface area contributed by atoms with E-state index in [-0.39, 0.29) is 0 Å². The van der Waals surface area contributed by atoms with Gasteiger partial charge in [-0.15, -0.1) is 0 Å². The van der Waals surface area contributed by atoms with Crippen LogP contribution in [0.5, 0.6) is 0 Å². The maximum absolute atomic E-state index is 11.6. The largest absolute Gasteiger partial charge is 0.478 e. The predicted molar refractivity (Wildman–Crippen MR) is 141 cm³/mol. The van der Waals surface area contributed by atoms with Gasteiger partial charge in [-0.3, -0.25) is 0 Å². The van der Waals surface area contributed by atoms with Crippen molar-refractivity contribution in [1.29, 1.82) is 0 Å². The number of carbonyl (C=O) groups is 1. The maximum atomic E-state index is 11.6. The van der Waals surface area contributed by atoms with Crippen molar-refractivity contribution in [2.75, 3.05) is 19.6 Å². The van der Waals surface area contributed by atoms with Gasteiger partial charge in [-0.2, -0.15) is 0 Å². The number of aromatic carboxylic acids is 1. The zero-order valence-corrected chi connectivity index (χ0v) is 21.0. The van der Waals surface area contributed by atoms with E-state index in [4.69, 9.17) is 16.3 Å². The van der Waals surface area contributed by atoms with E-state index in [1.165, 1.54) is 5.56 Å². The molecule has 0 amide bonds. The second kappa shape index (κ2) is 11.3. The van der Waals surface area contributed by atoms with Crippen LogP contribution in [0.3, 0.4) is 0 Å². The minimum absolute atomic E-state index is 0.297. The van der Waals surface area contributed by atoms with E-state index in [2.05, 4.69) is 20.6 Å². The molecule has 0 unspecified atom stereocenters. The number of benzene rings is 2. The molecule has 1 aliphatic heterocycles. The molecule has 0 aliphatic carbocycles. The lowest BCUT2D eigenvalue weighted by atomic mass is 10.1. The summed E-state index contributed by atoms with van der Waals surface area (Å²) in [5.41, 5.74) is 3.61. The first-order valence-electron chi connectivity index (χ1n) is 12.4.